The Morgan fingerprint density at radius 3 is 2.30 bits per heavy atom. The van der Waals surface area contributed by atoms with Gasteiger partial charge in [0.05, 0.1) is 0 Å². The summed E-state index contributed by atoms with van der Waals surface area (Å²) < 4.78 is 0. The lowest BCUT2D eigenvalue weighted by Crippen LogP contribution is -2.57. The number of hydrogen-bond donors (Lipinski definition) is 2. The van der Waals surface area contributed by atoms with Gasteiger partial charge in [-0.1, -0.05) is 30.3 Å². The maximum atomic E-state index is 12.2. The van der Waals surface area contributed by atoms with Gasteiger partial charge in [0.15, 0.2) is 0 Å². The van der Waals surface area contributed by atoms with Crippen LogP contribution in [0.4, 0.5) is 0 Å². The van der Waals surface area contributed by atoms with Gasteiger partial charge in [-0.15, -0.1) is 0 Å². The summed E-state index contributed by atoms with van der Waals surface area (Å²) in [7, 11) is 2.13. The fourth-order valence-electron chi connectivity index (χ4n) is 2.90. The van der Waals surface area contributed by atoms with Crippen molar-refractivity contribution < 1.29 is 4.79 Å². The molecular weight excluding hydrogens is 252 g/mol. The van der Waals surface area contributed by atoms with Crippen molar-refractivity contribution in [3.63, 3.8) is 0 Å². The molecule has 20 heavy (non-hydrogen) atoms. The molecule has 0 aliphatic carbocycles. The summed E-state index contributed by atoms with van der Waals surface area (Å²) in [6.07, 6.45) is 0. The van der Waals surface area contributed by atoms with Gasteiger partial charge < -0.3 is 0 Å². The SMILES string of the molecule is CC1CN(C(C(=O)NN)c2ccccc2)CC(C)N1C. The first-order valence-electron chi connectivity index (χ1n) is 7.06. The molecule has 110 valence electrons. The molecule has 1 aromatic rings. The maximum Gasteiger partial charge on any atom is 0.255 e. The van der Waals surface area contributed by atoms with Crippen molar-refractivity contribution >= 4 is 5.91 Å². The number of likely N-dealkylation sites (N-methyl/N-ethyl adjacent to an activating group) is 1. The van der Waals surface area contributed by atoms with Crippen LogP contribution in [0.1, 0.15) is 25.5 Å². The minimum Gasteiger partial charge on any atom is -0.298 e. The van der Waals surface area contributed by atoms with Crippen LogP contribution in [0.25, 0.3) is 0 Å². The van der Waals surface area contributed by atoms with Gasteiger partial charge in [-0.25, -0.2) is 5.84 Å². The second kappa shape index (κ2) is 6.35. The third-order valence-electron chi connectivity index (χ3n) is 4.26. The van der Waals surface area contributed by atoms with Crippen LogP contribution in [0.5, 0.6) is 0 Å². The number of carbonyl (C=O) groups excluding carboxylic acids is 1. The molecule has 0 saturated carbocycles. The van der Waals surface area contributed by atoms with Gasteiger partial charge in [-0.2, -0.15) is 0 Å². The van der Waals surface area contributed by atoms with Crippen molar-refractivity contribution in [2.45, 2.75) is 32.0 Å². The largest absolute Gasteiger partial charge is 0.298 e. The minimum absolute atomic E-state index is 0.153. The fourth-order valence-corrected chi connectivity index (χ4v) is 2.90. The maximum absolute atomic E-state index is 12.2. The van der Waals surface area contributed by atoms with E-state index in [9.17, 15) is 4.79 Å². The number of carbonyl (C=O) groups is 1. The van der Waals surface area contributed by atoms with Crippen LogP contribution in [-0.4, -0.2) is 47.9 Å². The average Bonchev–Trinajstić information content (AvgIpc) is 2.46. The molecule has 1 amide bonds. The van der Waals surface area contributed by atoms with Crippen LogP contribution in [0, 0.1) is 0 Å². The first-order chi connectivity index (χ1) is 9.54. The van der Waals surface area contributed by atoms with Gasteiger partial charge in [0.1, 0.15) is 6.04 Å². The van der Waals surface area contributed by atoms with Crippen molar-refractivity contribution in [1.82, 2.24) is 15.2 Å². The Kier molecular flexibility index (Phi) is 4.75. The molecule has 0 aromatic heterocycles. The highest BCUT2D eigenvalue weighted by Crippen LogP contribution is 2.25. The number of hydrogen-bond acceptors (Lipinski definition) is 4. The molecule has 0 spiro atoms. The van der Waals surface area contributed by atoms with Crippen molar-refractivity contribution in [2.24, 2.45) is 5.84 Å². The Morgan fingerprint density at radius 1 is 1.25 bits per heavy atom. The quantitative estimate of drug-likeness (QED) is 0.486. The molecule has 3 atom stereocenters. The zero-order valence-corrected chi connectivity index (χ0v) is 12.4. The van der Waals surface area contributed by atoms with Crippen molar-refractivity contribution in [3.05, 3.63) is 35.9 Å². The molecule has 5 heteroatoms. The number of hydrazine groups is 1. The smallest absolute Gasteiger partial charge is 0.255 e. The van der Waals surface area contributed by atoms with E-state index in [1.165, 1.54) is 0 Å². The summed E-state index contributed by atoms with van der Waals surface area (Å²) in [5.41, 5.74) is 3.29. The molecule has 1 saturated heterocycles. The van der Waals surface area contributed by atoms with E-state index < -0.39 is 0 Å². The molecule has 1 aromatic carbocycles. The standard InChI is InChI=1S/C15H24N4O/c1-11-9-19(10-12(2)18(11)3)14(15(20)17-16)13-7-5-4-6-8-13/h4-8,11-12,14H,9-10,16H2,1-3H3,(H,17,20). The minimum atomic E-state index is -0.320. The van der Waals surface area contributed by atoms with Crippen LogP contribution in [0.2, 0.25) is 0 Å². The first kappa shape index (κ1) is 15.0. The molecule has 2 rings (SSSR count). The Hall–Kier alpha value is -1.43. The second-order valence-corrected chi connectivity index (χ2v) is 5.64. The van der Waals surface area contributed by atoms with E-state index in [4.69, 9.17) is 5.84 Å². The second-order valence-electron chi connectivity index (χ2n) is 5.64. The van der Waals surface area contributed by atoms with Gasteiger partial charge in [0.25, 0.3) is 5.91 Å². The highest BCUT2D eigenvalue weighted by molar-refractivity contribution is 5.82. The van der Waals surface area contributed by atoms with Gasteiger partial charge >= 0.3 is 0 Å². The zero-order valence-electron chi connectivity index (χ0n) is 12.4. The number of nitrogens with two attached hydrogens (primary N) is 1. The van der Waals surface area contributed by atoms with E-state index in [-0.39, 0.29) is 11.9 Å². The predicted octanol–water partition coefficient (Wildman–Crippen LogP) is 0.742. The number of amides is 1. The third kappa shape index (κ3) is 3.00. The topological polar surface area (TPSA) is 61.6 Å². The molecule has 3 N–H and O–H groups in total. The number of rotatable bonds is 3. The summed E-state index contributed by atoms with van der Waals surface area (Å²) in [6, 6.07) is 10.3. The van der Waals surface area contributed by atoms with Crippen LogP contribution >= 0.6 is 0 Å². The molecule has 1 aliphatic rings. The highest BCUT2D eigenvalue weighted by Gasteiger charge is 2.34. The van der Waals surface area contributed by atoms with E-state index >= 15 is 0 Å². The Labute approximate surface area is 120 Å². The normalized spacial score (nSPS) is 26.2. The number of nitrogens with zero attached hydrogens (tertiary/aromatic N) is 2. The molecule has 3 unspecified atom stereocenters. The number of piperazine rings is 1. The average molecular weight is 276 g/mol. The van der Waals surface area contributed by atoms with Crippen LogP contribution in [0.3, 0.4) is 0 Å². The zero-order chi connectivity index (χ0) is 14.7. The Bertz CT molecular complexity index is 438. The fraction of sp³-hybridized carbons (Fsp3) is 0.533. The van der Waals surface area contributed by atoms with Crippen molar-refractivity contribution in [2.75, 3.05) is 20.1 Å². The summed E-state index contributed by atoms with van der Waals surface area (Å²) in [5.74, 6) is 5.22. The van der Waals surface area contributed by atoms with Crippen molar-refractivity contribution in [1.29, 1.82) is 0 Å². The molecule has 1 aliphatic heterocycles. The third-order valence-corrected chi connectivity index (χ3v) is 4.26. The predicted molar refractivity (Wildman–Crippen MR) is 79.8 cm³/mol. The lowest BCUT2D eigenvalue weighted by molar-refractivity contribution is -0.128. The summed E-state index contributed by atoms with van der Waals surface area (Å²) in [6.45, 7) is 6.08. The lowest BCUT2D eigenvalue weighted by atomic mass is 10.0. The van der Waals surface area contributed by atoms with Gasteiger partial charge in [-0.05, 0) is 26.5 Å². The van der Waals surface area contributed by atoms with Gasteiger partial charge in [-0.3, -0.25) is 20.0 Å². The van der Waals surface area contributed by atoms with E-state index in [0.29, 0.717) is 12.1 Å². The Balaban J connectivity index is 2.26. The summed E-state index contributed by atoms with van der Waals surface area (Å²) in [5, 5.41) is 0. The summed E-state index contributed by atoms with van der Waals surface area (Å²) >= 11 is 0. The highest BCUT2D eigenvalue weighted by atomic mass is 16.2. The molecular formula is C15H24N4O. The van der Waals surface area contributed by atoms with E-state index in [1.54, 1.807) is 0 Å². The van der Waals surface area contributed by atoms with Gasteiger partial charge in [0.2, 0.25) is 0 Å². The first-order valence-corrected chi connectivity index (χ1v) is 7.06. The monoisotopic (exact) mass is 276 g/mol. The van der Waals surface area contributed by atoms with Crippen LogP contribution < -0.4 is 11.3 Å². The molecule has 0 bridgehead atoms. The van der Waals surface area contributed by atoms with Crippen LogP contribution in [-0.2, 0) is 4.79 Å². The molecule has 0 radical (unpaired) electrons. The van der Waals surface area contributed by atoms with E-state index in [0.717, 1.165) is 18.7 Å². The van der Waals surface area contributed by atoms with Crippen molar-refractivity contribution in [3.8, 4) is 0 Å². The van der Waals surface area contributed by atoms with Gasteiger partial charge in [0, 0.05) is 25.2 Å². The molecule has 1 fully saturated rings. The van der Waals surface area contributed by atoms with E-state index in [1.807, 2.05) is 30.3 Å². The lowest BCUT2D eigenvalue weighted by Gasteiger charge is -2.45. The summed E-state index contributed by atoms with van der Waals surface area (Å²) in [4.78, 5) is 16.8. The number of nitrogens with one attached hydrogen (secondary N) is 1. The van der Waals surface area contributed by atoms with Crippen LogP contribution in [0.15, 0.2) is 30.3 Å². The van der Waals surface area contributed by atoms with E-state index in [2.05, 4.69) is 36.1 Å². The number of benzene rings is 1. The molecule has 5 nitrogen and oxygen atoms in total. The Morgan fingerprint density at radius 2 is 1.80 bits per heavy atom. The molecule has 1 heterocycles.